The van der Waals surface area contributed by atoms with Crippen LogP contribution in [0.2, 0.25) is 20.1 Å². The monoisotopic (exact) mass is 974 g/mol. The topological polar surface area (TPSA) is 68.3 Å². The molecular formula is C55H46Cl4O4S2. The maximum Gasteiger partial charge on any atom is 0.197 e. The molecular weight excluding hydrogens is 931 g/mol. The fraction of sp³-hybridized carbons (Fsp3) is 0.273. The van der Waals surface area contributed by atoms with Crippen LogP contribution in [-0.4, -0.2) is 23.1 Å². The lowest BCUT2D eigenvalue weighted by molar-refractivity contribution is 0.0975. The molecule has 65 heavy (non-hydrogen) atoms. The van der Waals surface area contributed by atoms with Crippen molar-refractivity contribution in [2.75, 3.05) is 0 Å². The van der Waals surface area contributed by atoms with E-state index in [1.54, 1.807) is 34.8 Å². The number of ketones is 4. The predicted octanol–water partition coefficient (Wildman–Crippen LogP) is 17.4. The summed E-state index contributed by atoms with van der Waals surface area (Å²) in [6, 6.07) is 27.9. The molecule has 0 aliphatic heterocycles. The van der Waals surface area contributed by atoms with E-state index in [9.17, 15) is 19.2 Å². The average Bonchev–Trinajstić information content (AvgIpc) is 4.11. The third-order valence-corrected chi connectivity index (χ3v) is 17.3. The highest BCUT2D eigenvalue weighted by atomic mass is 35.5. The number of hydrogen-bond donors (Lipinski definition) is 0. The highest BCUT2D eigenvalue weighted by Gasteiger charge is 2.46. The molecule has 10 heteroatoms. The lowest BCUT2D eigenvalue weighted by Gasteiger charge is -2.39. The Bertz CT molecular complexity index is 2750. The number of benzene rings is 4. The van der Waals surface area contributed by atoms with Crippen LogP contribution >= 0.6 is 69.1 Å². The standard InChI is InChI=1S/C55H46Cl4O4S2/c1-5-9-29(7-3)27-55(28-30(8-4)10-6-2)43-19-31(49-17-13-33(64-49)21-41-51(60)37-23-45(56)46(57)24-38(37)52(41)61)11-15-35(43)36-16-12-32(20-44(36)55)50-18-14-34(65-50)22-42-53(62)39-25-47(58)48(59)26-40(39)54(42)63/h11-26,29-30H,5-10,27-28H2,1-4H3. The van der Waals surface area contributed by atoms with Gasteiger partial charge in [-0.3, -0.25) is 19.2 Å². The number of thiophene rings is 2. The van der Waals surface area contributed by atoms with Gasteiger partial charge in [0.05, 0.1) is 31.2 Å². The van der Waals surface area contributed by atoms with Crippen LogP contribution in [0, 0.1) is 11.8 Å². The third-order valence-electron chi connectivity index (χ3n) is 13.7. The molecule has 2 heterocycles. The Balaban J connectivity index is 1.11. The molecule has 9 rings (SSSR count). The minimum Gasteiger partial charge on any atom is -0.288 e. The fourth-order valence-electron chi connectivity index (χ4n) is 10.4. The largest absolute Gasteiger partial charge is 0.288 e. The molecule has 0 bridgehead atoms. The number of halogens is 4. The summed E-state index contributed by atoms with van der Waals surface area (Å²) in [7, 11) is 0. The van der Waals surface area contributed by atoms with Crippen molar-refractivity contribution in [1.29, 1.82) is 0 Å². The van der Waals surface area contributed by atoms with Gasteiger partial charge >= 0.3 is 0 Å². The summed E-state index contributed by atoms with van der Waals surface area (Å²) in [6.07, 6.45) is 12.2. The van der Waals surface area contributed by atoms with Crippen LogP contribution in [0.1, 0.15) is 141 Å². The van der Waals surface area contributed by atoms with Gasteiger partial charge in [-0.1, -0.05) is 137 Å². The Morgan fingerprint density at radius 3 is 1.15 bits per heavy atom. The number of carbonyl (C=O) groups is 4. The second kappa shape index (κ2) is 18.4. The van der Waals surface area contributed by atoms with Crippen molar-refractivity contribution < 1.29 is 19.2 Å². The summed E-state index contributed by atoms with van der Waals surface area (Å²) in [5.74, 6) is -0.321. The van der Waals surface area contributed by atoms with Gasteiger partial charge in [-0.15, -0.1) is 22.7 Å². The third kappa shape index (κ3) is 8.17. The van der Waals surface area contributed by atoms with Crippen LogP contribution in [0.15, 0.2) is 96.1 Å². The van der Waals surface area contributed by atoms with Crippen LogP contribution in [0.25, 0.3) is 44.2 Å². The van der Waals surface area contributed by atoms with E-state index in [-0.39, 0.29) is 82.0 Å². The van der Waals surface area contributed by atoms with E-state index in [0.717, 1.165) is 82.0 Å². The lowest BCUT2D eigenvalue weighted by atomic mass is 9.65. The van der Waals surface area contributed by atoms with Crippen molar-refractivity contribution in [3.05, 3.63) is 159 Å². The summed E-state index contributed by atoms with van der Waals surface area (Å²) < 4.78 is 0. The van der Waals surface area contributed by atoms with Gasteiger partial charge in [0.1, 0.15) is 0 Å². The Labute approximate surface area is 408 Å². The number of fused-ring (bicyclic) bond motifs is 5. The number of rotatable bonds is 14. The Hall–Kier alpha value is -4.40. The van der Waals surface area contributed by atoms with E-state index in [4.69, 9.17) is 46.4 Å². The van der Waals surface area contributed by atoms with Crippen LogP contribution in [-0.2, 0) is 5.41 Å². The fourth-order valence-corrected chi connectivity index (χ4v) is 12.9. The van der Waals surface area contributed by atoms with Gasteiger partial charge in [0.2, 0.25) is 0 Å². The maximum atomic E-state index is 13.4. The number of Topliss-reactive ketones (excluding diaryl/α,β-unsaturated/α-hetero) is 4. The van der Waals surface area contributed by atoms with E-state index in [1.807, 2.05) is 12.1 Å². The SMILES string of the molecule is CCCC(CC)CC1(CC(CC)CCC)c2cc(-c3ccc(C=C4C(=O)c5cc(Cl)c(Cl)cc5C4=O)s3)ccc2-c2ccc(-c3ccc(C=C4C(=O)c5cc(Cl)c(Cl)cc5C4=O)s3)cc21. The Morgan fingerprint density at radius 1 is 0.477 bits per heavy atom. The van der Waals surface area contributed by atoms with Crippen LogP contribution < -0.4 is 0 Å². The molecule has 3 aliphatic rings. The number of hydrogen-bond acceptors (Lipinski definition) is 6. The Kier molecular flexibility index (Phi) is 12.9. The minimum absolute atomic E-state index is 0.116. The van der Waals surface area contributed by atoms with E-state index in [2.05, 4.69) is 76.2 Å². The van der Waals surface area contributed by atoms with E-state index in [1.165, 1.54) is 46.5 Å². The summed E-state index contributed by atoms with van der Waals surface area (Å²) in [4.78, 5) is 57.4. The number of allylic oxidation sites excluding steroid dienone is 2. The van der Waals surface area contributed by atoms with Crippen LogP contribution in [0.4, 0.5) is 0 Å². The summed E-state index contributed by atoms with van der Waals surface area (Å²) >= 11 is 28.0. The highest BCUT2D eigenvalue weighted by Crippen LogP contribution is 2.58. The molecule has 6 aromatic rings. The van der Waals surface area contributed by atoms with Gasteiger partial charge in [0, 0.05) is 47.2 Å². The molecule has 330 valence electrons. The van der Waals surface area contributed by atoms with Crippen molar-refractivity contribution in [2.24, 2.45) is 11.8 Å². The smallest absolute Gasteiger partial charge is 0.197 e. The molecule has 2 aromatic heterocycles. The first-order valence-corrected chi connectivity index (χ1v) is 25.5. The lowest BCUT2D eigenvalue weighted by Crippen LogP contribution is -2.31. The van der Waals surface area contributed by atoms with Crippen molar-refractivity contribution in [2.45, 2.75) is 84.5 Å². The highest BCUT2D eigenvalue weighted by molar-refractivity contribution is 7.16. The molecule has 0 radical (unpaired) electrons. The minimum atomic E-state index is -0.342. The molecule has 0 amide bonds. The normalized spacial score (nSPS) is 15.6. The number of carbonyl (C=O) groups excluding carboxylic acids is 4. The van der Waals surface area contributed by atoms with Crippen LogP contribution in [0.3, 0.4) is 0 Å². The molecule has 3 aliphatic carbocycles. The van der Waals surface area contributed by atoms with Crippen molar-refractivity contribution in [3.8, 4) is 32.0 Å². The molecule has 0 saturated carbocycles. The van der Waals surface area contributed by atoms with Crippen LogP contribution in [0.5, 0.6) is 0 Å². The summed E-state index contributed by atoms with van der Waals surface area (Å²) in [5, 5.41) is 0.974. The predicted molar refractivity (Wildman–Crippen MR) is 272 cm³/mol. The first-order chi connectivity index (χ1) is 31.3. The first-order valence-electron chi connectivity index (χ1n) is 22.4. The van der Waals surface area contributed by atoms with Gasteiger partial charge < -0.3 is 0 Å². The Morgan fingerprint density at radius 2 is 0.831 bits per heavy atom. The molecule has 0 spiro atoms. The van der Waals surface area contributed by atoms with Crippen molar-refractivity contribution in [3.63, 3.8) is 0 Å². The van der Waals surface area contributed by atoms with E-state index >= 15 is 0 Å². The van der Waals surface area contributed by atoms with Gasteiger partial charge in [0.15, 0.2) is 23.1 Å². The molecule has 4 aromatic carbocycles. The summed E-state index contributed by atoms with van der Waals surface area (Å²) in [6.45, 7) is 9.22. The van der Waals surface area contributed by atoms with Gasteiger partial charge in [-0.2, -0.15) is 0 Å². The van der Waals surface area contributed by atoms with Crippen molar-refractivity contribution in [1.82, 2.24) is 0 Å². The quantitative estimate of drug-likeness (QED) is 0.0805. The average molecular weight is 977 g/mol. The van der Waals surface area contributed by atoms with Gasteiger partial charge in [-0.05, 0) is 131 Å². The maximum absolute atomic E-state index is 13.4. The molecule has 2 atom stereocenters. The zero-order chi connectivity index (χ0) is 45.9. The molecule has 0 saturated heterocycles. The van der Waals surface area contributed by atoms with Crippen molar-refractivity contribution >= 4 is 104 Å². The first kappa shape index (κ1) is 45.7. The van der Waals surface area contributed by atoms with E-state index < -0.39 is 0 Å². The molecule has 2 unspecified atom stereocenters. The van der Waals surface area contributed by atoms with Gasteiger partial charge in [-0.25, -0.2) is 0 Å². The molecule has 0 N–H and O–H groups in total. The second-order valence-electron chi connectivity index (χ2n) is 17.6. The van der Waals surface area contributed by atoms with E-state index in [0.29, 0.717) is 11.8 Å². The zero-order valence-electron chi connectivity index (χ0n) is 36.5. The van der Waals surface area contributed by atoms with Gasteiger partial charge in [0.25, 0.3) is 0 Å². The molecule has 4 nitrogen and oxygen atoms in total. The zero-order valence-corrected chi connectivity index (χ0v) is 41.2. The second-order valence-corrected chi connectivity index (χ2v) is 21.5. The molecule has 0 fully saturated rings. The summed E-state index contributed by atoms with van der Waals surface area (Å²) in [5.41, 5.74) is 8.57.